The standard InChI is InChI=1S/C29H27FO9S2/c1-37-20-13-22-16(11-24(40-22)18(31)5-7-26(33)34)10-15(20)4-3-9-39-29-21(38-2)14-23-17(28(29)30)12-25(41-23)19(32)6-8-27(35)36/h10-14H,3-9H2,1-2H3,(H,33,34)(H,35,36). The van der Waals surface area contributed by atoms with Gasteiger partial charge >= 0.3 is 11.9 Å². The fraction of sp³-hybridized carbons (Fsp3) is 0.310. The third kappa shape index (κ3) is 7.01. The molecule has 0 atom stereocenters. The maximum Gasteiger partial charge on any atom is 0.303 e. The Morgan fingerprint density at radius 3 is 1.98 bits per heavy atom. The molecule has 0 aliphatic rings. The number of methoxy groups -OCH3 is 2. The minimum atomic E-state index is -1.08. The summed E-state index contributed by atoms with van der Waals surface area (Å²) in [4.78, 5) is 47.1. The van der Waals surface area contributed by atoms with Crippen LogP contribution >= 0.6 is 22.7 Å². The molecular formula is C29H27FO9S2. The van der Waals surface area contributed by atoms with E-state index in [1.54, 1.807) is 19.2 Å². The molecule has 41 heavy (non-hydrogen) atoms. The summed E-state index contributed by atoms with van der Waals surface area (Å²) in [7, 11) is 2.94. The summed E-state index contributed by atoms with van der Waals surface area (Å²) in [6, 6.07) is 8.51. The van der Waals surface area contributed by atoms with Crippen LogP contribution in [0.1, 0.15) is 57.0 Å². The molecule has 4 rings (SSSR count). The Labute approximate surface area is 242 Å². The van der Waals surface area contributed by atoms with E-state index in [-0.39, 0.29) is 65.6 Å². The molecule has 4 aromatic rings. The van der Waals surface area contributed by atoms with Crippen LogP contribution in [0.4, 0.5) is 4.39 Å². The number of Topliss-reactive ketones (excluding diaryl/α,β-unsaturated/α-hetero) is 2. The molecule has 0 amide bonds. The first-order valence-corrected chi connectivity index (χ1v) is 14.3. The number of rotatable bonds is 15. The molecule has 0 bridgehead atoms. The second-order valence-corrected chi connectivity index (χ2v) is 11.3. The summed E-state index contributed by atoms with van der Waals surface area (Å²) in [6.07, 6.45) is 0.266. The van der Waals surface area contributed by atoms with E-state index in [2.05, 4.69) is 0 Å². The minimum absolute atomic E-state index is 0.0664. The second kappa shape index (κ2) is 13.1. The summed E-state index contributed by atoms with van der Waals surface area (Å²) in [6.45, 7) is 0.150. The van der Waals surface area contributed by atoms with Gasteiger partial charge in [-0.15, -0.1) is 22.7 Å². The smallest absolute Gasteiger partial charge is 0.303 e. The van der Waals surface area contributed by atoms with Gasteiger partial charge in [-0.1, -0.05) is 0 Å². The molecule has 2 N–H and O–H groups in total. The highest BCUT2D eigenvalue weighted by Gasteiger charge is 2.21. The number of thiophene rings is 2. The second-order valence-electron chi connectivity index (χ2n) is 9.14. The lowest BCUT2D eigenvalue weighted by Gasteiger charge is -2.13. The summed E-state index contributed by atoms with van der Waals surface area (Å²) >= 11 is 2.35. The number of halogens is 1. The van der Waals surface area contributed by atoms with Crippen molar-refractivity contribution in [2.45, 2.75) is 38.5 Å². The monoisotopic (exact) mass is 602 g/mol. The maximum atomic E-state index is 15.4. The first kappa shape index (κ1) is 29.9. The van der Waals surface area contributed by atoms with Crippen LogP contribution in [0.25, 0.3) is 20.2 Å². The molecule has 0 spiro atoms. The first-order valence-electron chi connectivity index (χ1n) is 12.6. The fourth-order valence-electron chi connectivity index (χ4n) is 4.28. The quantitative estimate of drug-likeness (QED) is 0.117. The van der Waals surface area contributed by atoms with E-state index < -0.39 is 17.8 Å². The van der Waals surface area contributed by atoms with Crippen molar-refractivity contribution in [1.82, 2.24) is 0 Å². The van der Waals surface area contributed by atoms with Gasteiger partial charge in [-0.2, -0.15) is 0 Å². The zero-order valence-corrected chi connectivity index (χ0v) is 23.9. The lowest BCUT2D eigenvalue weighted by molar-refractivity contribution is -0.137. The van der Waals surface area contributed by atoms with Crippen molar-refractivity contribution in [2.75, 3.05) is 20.8 Å². The molecule has 2 heterocycles. The lowest BCUT2D eigenvalue weighted by atomic mass is 10.1. The van der Waals surface area contributed by atoms with Crippen molar-refractivity contribution in [3.05, 3.63) is 51.5 Å². The largest absolute Gasteiger partial charge is 0.496 e. The number of aliphatic carboxylic acids is 2. The molecule has 0 aliphatic heterocycles. The highest BCUT2D eigenvalue weighted by atomic mass is 32.1. The first-order chi connectivity index (χ1) is 19.6. The molecule has 2 aromatic carbocycles. The fourth-order valence-corrected chi connectivity index (χ4v) is 6.38. The van der Waals surface area contributed by atoms with Gasteiger partial charge in [-0.05, 0) is 48.1 Å². The Balaban J connectivity index is 1.46. The predicted octanol–water partition coefficient (Wildman–Crippen LogP) is 6.38. The summed E-state index contributed by atoms with van der Waals surface area (Å²) in [5.41, 5.74) is 0.871. The maximum absolute atomic E-state index is 15.4. The molecule has 0 fully saturated rings. The number of hydrogen-bond donors (Lipinski definition) is 2. The van der Waals surface area contributed by atoms with Crippen LogP contribution in [-0.2, 0) is 16.0 Å². The molecule has 9 nitrogen and oxygen atoms in total. The Morgan fingerprint density at radius 2 is 1.37 bits per heavy atom. The predicted molar refractivity (Wildman–Crippen MR) is 153 cm³/mol. The minimum Gasteiger partial charge on any atom is -0.496 e. The van der Waals surface area contributed by atoms with Crippen molar-refractivity contribution >= 4 is 66.4 Å². The normalized spacial score (nSPS) is 11.1. The van der Waals surface area contributed by atoms with Crippen LogP contribution in [0, 0.1) is 5.82 Å². The molecule has 0 saturated heterocycles. The summed E-state index contributed by atoms with van der Waals surface area (Å²) in [5, 5.41) is 18.7. The van der Waals surface area contributed by atoms with E-state index in [0.717, 1.165) is 27.0 Å². The Hall–Kier alpha value is -4.03. The summed E-state index contributed by atoms with van der Waals surface area (Å²) < 4.78 is 33.4. The van der Waals surface area contributed by atoms with E-state index in [1.165, 1.54) is 24.5 Å². The average molecular weight is 603 g/mol. The Morgan fingerprint density at radius 1 is 0.780 bits per heavy atom. The molecule has 2 aromatic heterocycles. The van der Waals surface area contributed by atoms with E-state index in [4.69, 9.17) is 24.4 Å². The number of fused-ring (bicyclic) bond motifs is 2. The van der Waals surface area contributed by atoms with E-state index in [0.29, 0.717) is 28.2 Å². The van der Waals surface area contributed by atoms with Crippen LogP contribution in [0.2, 0.25) is 0 Å². The van der Waals surface area contributed by atoms with Gasteiger partial charge in [-0.25, -0.2) is 4.39 Å². The van der Waals surface area contributed by atoms with Crippen LogP contribution < -0.4 is 14.2 Å². The molecule has 0 saturated carbocycles. The topological polar surface area (TPSA) is 136 Å². The molecule has 12 heteroatoms. The number of hydrogen-bond acceptors (Lipinski definition) is 9. The van der Waals surface area contributed by atoms with Crippen LogP contribution in [0.15, 0.2) is 30.3 Å². The molecule has 0 aliphatic carbocycles. The highest BCUT2D eigenvalue weighted by Crippen LogP contribution is 2.40. The van der Waals surface area contributed by atoms with Crippen molar-refractivity contribution in [1.29, 1.82) is 0 Å². The van der Waals surface area contributed by atoms with E-state index in [9.17, 15) is 19.2 Å². The number of benzene rings is 2. The van der Waals surface area contributed by atoms with Gasteiger partial charge in [-0.3, -0.25) is 19.2 Å². The third-order valence-electron chi connectivity index (χ3n) is 6.34. The van der Waals surface area contributed by atoms with Crippen molar-refractivity contribution in [3.8, 4) is 17.2 Å². The molecular weight excluding hydrogens is 575 g/mol. The Bertz CT molecular complexity index is 1640. The number of carboxylic acid groups (broad SMARTS) is 2. The summed E-state index contributed by atoms with van der Waals surface area (Å²) in [5.74, 6) is -2.63. The van der Waals surface area contributed by atoms with Gasteiger partial charge in [0.2, 0.25) is 0 Å². The van der Waals surface area contributed by atoms with Gasteiger partial charge in [0.1, 0.15) is 5.75 Å². The number of aryl methyl sites for hydroxylation is 1. The van der Waals surface area contributed by atoms with Crippen LogP contribution in [0.5, 0.6) is 17.2 Å². The molecule has 0 unspecified atom stereocenters. The zero-order chi connectivity index (χ0) is 29.7. The van der Waals surface area contributed by atoms with Gasteiger partial charge in [0, 0.05) is 33.7 Å². The van der Waals surface area contributed by atoms with Crippen LogP contribution in [0.3, 0.4) is 0 Å². The van der Waals surface area contributed by atoms with Gasteiger partial charge in [0.05, 0.1) is 43.4 Å². The number of ketones is 2. The van der Waals surface area contributed by atoms with Crippen molar-refractivity contribution in [2.24, 2.45) is 0 Å². The van der Waals surface area contributed by atoms with E-state index >= 15 is 4.39 Å². The van der Waals surface area contributed by atoms with Gasteiger partial charge < -0.3 is 24.4 Å². The highest BCUT2D eigenvalue weighted by molar-refractivity contribution is 7.21. The third-order valence-corrected chi connectivity index (χ3v) is 8.60. The lowest BCUT2D eigenvalue weighted by Crippen LogP contribution is -2.04. The zero-order valence-electron chi connectivity index (χ0n) is 22.3. The average Bonchev–Trinajstić information content (AvgIpc) is 3.57. The van der Waals surface area contributed by atoms with Crippen molar-refractivity contribution in [3.63, 3.8) is 0 Å². The number of carboxylic acids is 2. The molecule has 0 radical (unpaired) electrons. The Kier molecular flexibility index (Phi) is 9.56. The SMILES string of the molecule is COc1cc2sc(C(=O)CCC(=O)O)cc2cc1CCCOc1c(OC)cc2sc(C(=O)CCC(=O)O)cc2c1F. The number of ether oxygens (including phenoxy) is 3. The van der Waals surface area contributed by atoms with Crippen LogP contribution in [-0.4, -0.2) is 54.5 Å². The van der Waals surface area contributed by atoms with Gasteiger partial charge in [0.25, 0.3) is 0 Å². The van der Waals surface area contributed by atoms with Crippen molar-refractivity contribution < 1.29 is 48.0 Å². The molecule has 216 valence electrons. The van der Waals surface area contributed by atoms with E-state index in [1.807, 2.05) is 12.1 Å². The number of carbonyl (C=O) groups is 4. The number of carbonyl (C=O) groups excluding carboxylic acids is 2. The van der Waals surface area contributed by atoms with Gasteiger partial charge in [0.15, 0.2) is 28.9 Å².